The minimum absolute atomic E-state index is 0.0138. The lowest BCUT2D eigenvalue weighted by molar-refractivity contribution is -0.142. The largest absolute Gasteiger partial charge is 0.326 e. The van der Waals surface area contributed by atoms with E-state index in [0.717, 1.165) is 32.1 Å². The highest BCUT2D eigenvalue weighted by molar-refractivity contribution is 6.06. The van der Waals surface area contributed by atoms with E-state index < -0.39 is 0 Å². The Morgan fingerprint density at radius 3 is 2.40 bits per heavy atom. The third-order valence-electron chi connectivity index (χ3n) is 4.13. The standard InChI is InChI=1S/C11H16N2O2/c12-7-5-8(7)13-9(14)6-11(10(13)15)3-1-2-4-11/h7-8H,1-6,12H2. The quantitative estimate of drug-likeness (QED) is 0.635. The summed E-state index contributed by atoms with van der Waals surface area (Å²) >= 11 is 0. The summed E-state index contributed by atoms with van der Waals surface area (Å²) in [6, 6.07) is 0.0550. The fourth-order valence-electron chi connectivity index (χ4n) is 3.09. The van der Waals surface area contributed by atoms with Gasteiger partial charge in [-0.2, -0.15) is 0 Å². The summed E-state index contributed by atoms with van der Waals surface area (Å²) in [4.78, 5) is 25.5. The molecule has 2 unspecified atom stereocenters. The Morgan fingerprint density at radius 1 is 1.27 bits per heavy atom. The second-order valence-corrected chi connectivity index (χ2v) is 5.20. The van der Waals surface area contributed by atoms with Crippen molar-refractivity contribution in [3.8, 4) is 0 Å². The first kappa shape index (κ1) is 9.33. The highest BCUT2D eigenvalue weighted by Crippen LogP contribution is 2.49. The molecule has 0 radical (unpaired) electrons. The first-order valence-electron chi connectivity index (χ1n) is 5.76. The molecular weight excluding hydrogens is 192 g/mol. The van der Waals surface area contributed by atoms with E-state index in [4.69, 9.17) is 5.73 Å². The average molecular weight is 208 g/mol. The minimum atomic E-state index is -0.320. The summed E-state index contributed by atoms with van der Waals surface area (Å²) in [5.41, 5.74) is 5.39. The van der Waals surface area contributed by atoms with Gasteiger partial charge in [0, 0.05) is 12.5 Å². The lowest BCUT2D eigenvalue weighted by atomic mass is 9.84. The number of hydrogen-bond acceptors (Lipinski definition) is 3. The van der Waals surface area contributed by atoms with Crippen LogP contribution < -0.4 is 5.73 Å². The van der Waals surface area contributed by atoms with Crippen molar-refractivity contribution in [1.82, 2.24) is 4.90 Å². The molecule has 4 nitrogen and oxygen atoms in total. The predicted molar refractivity (Wildman–Crippen MR) is 53.8 cm³/mol. The topological polar surface area (TPSA) is 63.4 Å². The van der Waals surface area contributed by atoms with Gasteiger partial charge in [-0.25, -0.2) is 0 Å². The molecule has 2 atom stereocenters. The second-order valence-electron chi connectivity index (χ2n) is 5.20. The predicted octanol–water partition coefficient (Wildman–Crippen LogP) is 0.405. The zero-order valence-electron chi connectivity index (χ0n) is 8.74. The molecule has 2 saturated carbocycles. The van der Waals surface area contributed by atoms with Gasteiger partial charge in [-0.3, -0.25) is 14.5 Å². The molecule has 0 aromatic heterocycles. The van der Waals surface area contributed by atoms with Crippen molar-refractivity contribution in [3.05, 3.63) is 0 Å². The smallest absolute Gasteiger partial charge is 0.236 e. The Balaban J connectivity index is 1.87. The van der Waals surface area contributed by atoms with Crippen LogP contribution in [-0.4, -0.2) is 28.8 Å². The summed E-state index contributed by atoms with van der Waals surface area (Å²) in [6.45, 7) is 0. The molecule has 0 aromatic carbocycles. The SMILES string of the molecule is NC1CC1N1C(=O)CC2(CCCC2)C1=O. The van der Waals surface area contributed by atoms with Crippen LogP contribution in [0.4, 0.5) is 0 Å². The van der Waals surface area contributed by atoms with E-state index >= 15 is 0 Å². The van der Waals surface area contributed by atoms with Gasteiger partial charge in [-0.05, 0) is 19.3 Å². The molecule has 1 aliphatic heterocycles. The van der Waals surface area contributed by atoms with Crippen LogP contribution in [0.25, 0.3) is 0 Å². The van der Waals surface area contributed by atoms with E-state index in [1.807, 2.05) is 0 Å². The first-order valence-corrected chi connectivity index (χ1v) is 5.76. The van der Waals surface area contributed by atoms with Gasteiger partial charge in [0.1, 0.15) is 0 Å². The van der Waals surface area contributed by atoms with E-state index in [1.165, 1.54) is 4.90 Å². The van der Waals surface area contributed by atoms with Crippen LogP contribution >= 0.6 is 0 Å². The minimum Gasteiger partial charge on any atom is -0.326 e. The molecule has 0 bridgehead atoms. The molecule has 82 valence electrons. The molecule has 3 aliphatic rings. The average Bonchev–Trinajstić information content (AvgIpc) is 2.64. The lowest BCUT2D eigenvalue weighted by Gasteiger charge is -2.20. The molecule has 3 fully saturated rings. The summed E-state index contributed by atoms with van der Waals surface area (Å²) < 4.78 is 0. The van der Waals surface area contributed by atoms with Crippen LogP contribution in [0.1, 0.15) is 38.5 Å². The Kier molecular flexibility index (Phi) is 1.75. The molecule has 1 saturated heterocycles. The molecule has 1 spiro atoms. The molecule has 2 N–H and O–H groups in total. The number of hydrogen-bond donors (Lipinski definition) is 1. The van der Waals surface area contributed by atoms with Crippen molar-refractivity contribution >= 4 is 11.8 Å². The Morgan fingerprint density at radius 2 is 1.87 bits per heavy atom. The van der Waals surface area contributed by atoms with Gasteiger partial charge in [0.2, 0.25) is 11.8 Å². The molecule has 0 aromatic rings. The fraction of sp³-hybridized carbons (Fsp3) is 0.818. The van der Waals surface area contributed by atoms with Crippen LogP contribution in [0.3, 0.4) is 0 Å². The molecule has 3 rings (SSSR count). The Bertz CT molecular complexity index is 333. The highest BCUT2D eigenvalue weighted by Gasteiger charge is 2.57. The first-order chi connectivity index (χ1) is 7.14. The van der Waals surface area contributed by atoms with Crippen LogP contribution in [0.5, 0.6) is 0 Å². The van der Waals surface area contributed by atoms with Gasteiger partial charge in [0.15, 0.2) is 0 Å². The third kappa shape index (κ3) is 1.17. The zero-order valence-corrected chi connectivity index (χ0v) is 8.74. The normalized spacial score (nSPS) is 38.1. The van der Waals surface area contributed by atoms with Gasteiger partial charge in [-0.1, -0.05) is 12.8 Å². The highest BCUT2D eigenvalue weighted by atomic mass is 16.2. The van der Waals surface area contributed by atoms with Crippen molar-refractivity contribution in [1.29, 1.82) is 0 Å². The van der Waals surface area contributed by atoms with Crippen LogP contribution in [0.2, 0.25) is 0 Å². The van der Waals surface area contributed by atoms with Gasteiger partial charge < -0.3 is 5.73 Å². The molecule has 2 aliphatic carbocycles. The number of rotatable bonds is 1. The number of amides is 2. The van der Waals surface area contributed by atoms with Crippen molar-refractivity contribution in [2.24, 2.45) is 11.1 Å². The third-order valence-corrected chi connectivity index (χ3v) is 4.13. The fourth-order valence-corrected chi connectivity index (χ4v) is 3.09. The van der Waals surface area contributed by atoms with Gasteiger partial charge >= 0.3 is 0 Å². The van der Waals surface area contributed by atoms with Crippen LogP contribution in [-0.2, 0) is 9.59 Å². The number of nitrogens with zero attached hydrogens (tertiary/aromatic N) is 1. The molecular formula is C11H16N2O2. The van der Waals surface area contributed by atoms with Crippen LogP contribution in [0.15, 0.2) is 0 Å². The van der Waals surface area contributed by atoms with E-state index in [1.54, 1.807) is 0 Å². The van der Waals surface area contributed by atoms with Crippen molar-refractivity contribution < 1.29 is 9.59 Å². The lowest BCUT2D eigenvalue weighted by Crippen LogP contribution is -2.38. The maximum Gasteiger partial charge on any atom is 0.236 e. The molecule has 2 amide bonds. The molecule has 4 heteroatoms. The van der Waals surface area contributed by atoms with Gasteiger partial charge in [0.05, 0.1) is 11.5 Å². The number of nitrogens with two attached hydrogens (primary N) is 1. The van der Waals surface area contributed by atoms with Crippen molar-refractivity contribution in [2.45, 2.75) is 50.6 Å². The molecule has 15 heavy (non-hydrogen) atoms. The number of imide groups is 1. The van der Waals surface area contributed by atoms with Gasteiger partial charge in [0.25, 0.3) is 0 Å². The maximum atomic E-state index is 12.2. The van der Waals surface area contributed by atoms with E-state index in [-0.39, 0.29) is 29.3 Å². The monoisotopic (exact) mass is 208 g/mol. The number of carbonyl (C=O) groups excluding carboxylic acids is 2. The van der Waals surface area contributed by atoms with E-state index in [2.05, 4.69) is 0 Å². The van der Waals surface area contributed by atoms with Crippen LogP contribution in [0, 0.1) is 5.41 Å². The maximum absolute atomic E-state index is 12.2. The van der Waals surface area contributed by atoms with E-state index in [9.17, 15) is 9.59 Å². The number of likely N-dealkylation sites (tertiary alicyclic amines) is 1. The zero-order chi connectivity index (χ0) is 10.6. The van der Waals surface area contributed by atoms with Gasteiger partial charge in [-0.15, -0.1) is 0 Å². The second kappa shape index (κ2) is 2.82. The van der Waals surface area contributed by atoms with Crippen molar-refractivity contribution in [3.63, 3.8) is 0 Å². The summed E-state index contributed by atoms with van der Waals surface area (Å²) in [7, 11) is 0. The van der Waals surface area contributed by atoms with Crippen molar-refractivity contribution in [2.75, 3.05) is 0 Å². The molecule has 1 heterocycles. The summed E-state index contributed by atoms with van der Waals surface area (Å²) in [5, 5.41) is 0. The van der Waals surface area contributed by atoms with E-state index in [0.29, 0.717) is 6.42 Å². The Hall–Kier alpha value is -0.900. The summed E-state index contributed by atoms with van der Waals surface area (Å²) in [5.74, 6) is 0.0859. The number of carbonyl (C=O) groups is 2. The summed E-state index contributed by atoms with van der Waals surface area (Å²) in [6.07, 6.45) is 5.21. The Labute approximate surface area is 88.8 Å².